The van der Waals surface area contributed by atoms with Crippen molar-refractivity contribution in [3.05, 3.63) is 54.6 Å². The highest BCUT2D eigenvalue weighted by Crippen LogP contribution is 2.31. The van der Waals surface area contributed by atoms with Gasteiger partial charge in [0.15, 0.2) is 0 Å². The van der Waals surface area contributed by atoms with Crippen LogP contribution in [0.25, 0.3) is 11.1 Å². The number of benzene rings is 2. The fraction of sp³-hybridized carbons (Fsp3) is 0. The average Bonchev–Trinajstić information content (AvgIpc) is 2.31. The Morgan fingerprint density at radius 1 is 0.867 bits per heavy atom. The first-order valence-electron chi connectivity index (χ1n) is 4.66. The van der Waals surface area contributed by atoms with Crippen LogP contribution in [0.4, 0.5) is 0 Å². The van der Waals surface area contributed by atoms with Crippen molar-refractivity contribution in [2.45, 2.75) is 0 Å². The maximum Gasteiger partial charge on any atom is 0.225 e. The number of hydrogen-bond acceptors (Lipinski definition) is 2. The lowest BCUT2D eigenvalue weighted by atomic mass is 10.1. The molecular formula is C12H11O2P. The van der Waals surface area contributed by atoms with E-state index in [4.69, 9.17) is 4.52 Å². The largest absolute Gasteiger partial charge is 0.446 e. The molecule has 0 fully saturated rings. The molecule has 0 radical (unpaired) electrons. The van der Waals surface area contributed by atoms with Gasteiger partial charge >= 0.3 is 0 Å². The summed E-state index contributed by atoms with van der Waals surface area (Å²) in [5, 5.41) is 0. The van der Waals surface area contributed by atoms with Crippen molar-refractivity contribution in [2.75, 3.05) is 0 Å². The van der Waals surface area contributed by atoms with Crippen molar-refractivity contribution in [2.24, 2.45) is 0 Å². The zero-order valence-corrected chi connectivity index (χ0v) is 9.24. The molecule has 0 aromatic heterocycles. The van der Waals surface area contributed by atoms with E-state index in [0.717, 1.165) is 11.1 Å². The molecule has 0 aliphatic heterocycles. The predicted molar refractivity (Wildman–Crippen MR) is 62.9 cm³/mol. The van der Waals surface area contributed by atoms with Gasteiger partial charge in [0, 0.05) is 5.56 Å². The predicted octanol–water partition coefficient (Wildman–Crippen LogP) is 3.40. The van der Waals surface area contributed by atoms with Gasteiger partial charge in [-0.3, -0.25) is 4.57 Å². The number of hydrogen-bond donors (Lipinski definition) is 0. The quantitative estimate of drug-likeness (QED) is 0.738. The van der Waals surface area contributed by atoms with Gasteiger partial charge in [-0.1, -0.05) is 48.5 Å². The highest BCUT2D eigenvalue weighted by atomic mass is 31.1. The molecule has 2 aromatic rings. The van der Waals surface area contributed by atoms with E-state index >= 15 is 0 Å². The molecule has 0 saturated heterocycles. The van der Waals surface area contributed by atoms with Crippen LogP contribution in [0.3, 0.4) is 0 Å². The van der Waals surface area contributed by atoms with Crippen LogP contribution in [0, 0.1) is 0 Å². The molecule has 0 aliphatic carbocycles. The molecule has 0 amide bonds. The monoisotopic (exact) mass is 218 g/mol. The third kappa shape index (κ3) is 2.28. The van der Waals surface area contributed by atoms with E-state index in [1.807, 2.05) is 54.6 Å². The van der Waals surface area contributed by atoms with Crippen LogP contribution in [-0.4, -0.2) is 0 Å². The van der Waals surface area contributed by atoms with Crippen molar-refractivity contribution < 1.29 is 9.09 Å². The van der Waals surface area contributed by atoms with E-state index in [1.54, 1.807) is 0 Å². The Morgan fingerprint density at radius 3 is 2.27 bits per heavy atom. The summed E-state index contributed by atoms with van der Waals surface area (Å²) in [5.74, 6) is 0.675. The van der Waals surface area contributed by atoms with E-state index in [9.17, 15) is 4.57 Å². The van der Waals surface area contributed by atoms with E-state index in [-0.39, 0.29) is 0 Å². The first-order chi connectivity index (χ1) is 7.42. The van der Waals surface area contributed by atoms with Crippen LogP contribution in [0.2, 0.25) is 0 Å². The van der Waals surface area contributed by atoms with Crippen molar-refractivity contribution >= 4 is 8.69 Å². The normalized spacial score (nSPS) is 10.7. The minimum Gasteiger partial charge on any atom is -0.446 e. The molecule has 76 valence electrons. The van der Waals surface area contributed by atoms with Gasteiger partial charge in [-0.2, -0.15) is 0 Å². The molecular weight excluding hydrogens is 207 g/mol. The fourth-order valence-electron chi connectivity index (χ4n) is 1.48. The lowest BCUT2D eigenvalue weighted by molar-refractivity contribution is 0.526. The Balaban J connectivity index is 2.48. The molecule has 1 unspecified atom stereocenters. The van der Waals surface area contributed by atoms with Crippen molar-refractivity contribution in [1.82, 2.24) is 0 Å². The van der Waals surface area contributed by atoms with E-state index in [2.05, 4.69) is 0 Å². The standard InChI is InChI=1S/C12H11O2P/c13-15-14-12-9-5-4-8-11(12)10-6-2-1-3-7-10/h1-9H,15H2. The Bertz CT molecular complexity index is 454. The van der Waals surface area contributed by atoms with Gasteiger partial charge in [0.2, 0.25) is 8.69 Å². The van der Waals surface area contributed by atoms with Crippen LogP contribution in [0.5, 0.6) is 5.75 Å². The molecule has 0 bridgehead atoms. The Labute approximate surface area is 89.8 Å². The van der Waals surface area contributed by atoms with Crippen molar-refractivity contribution in [1.29, 1.82) is 0 Å². The van der Waals surface area contributed by atoms with E-state index in [0.29, 0.717) is 5.75 Å². The molecule has 0 aliphatic rings. The van der Waals surface area contributed by atoms with Crippen molar-refractivity contribution in [3.63, 3.8) is 0 Å². The topological polar surface area (TPSA) is 26.3 Å². The molecule has 0 heterocycles. The second kappa shape index (κ2) is 4.81. The summed E-state index contributed by atoms with van der Waals surface area (Å²) in [7, 11) is -1.22. The van der Waals surface area contributed by atoms with Crippen molar-refractivity contribution in [3.8, 4) is 16.9 Å². The molecule has 15 heavy (non-hydrogen) atoms. The van der Waals surface area contributed by atoms with Gasteiger partial charge in [0.1, 0.15) is 5.75 Å². The van der Waals surface area contributed by atoms with Crippen LogP contribution in [-0.2, 0) is 4.57 Å². The SMILES string of the molecule is O=[PH2]Oc1ccccc1-c1ccccc1. The molecule has 2 aromatic carbocycles. The summed E-state index contributed by atoms with van der Waals surface area (Å²) in [4.78, 5) is 0. The van der Waals surface area contributed by atoms with Gasteiger partial charge in [-0.15, -0.1) is 0 Å². The second-order valence-electron chi connectivity index (χ2n) is 3.08. The lowest BCUT2D eigenvalue weighted by Crippen LogP contribution is -1.82. The van der Waals surface area contributed by atoms with Gasteiger partial charge in [-0.25, -0.2) is 0 Å². The minimum atomic E-state index is -1.22. The zero-order valence-electron chi connectivity index (χ0n) is 8.09. The van der Waals surface area contributed by atoms with Gasteiger partial charge in [-0.05, 0) is 11.6 Å². The molecule has 3 heteroatoms. The Morgan fingerprint density at radius 2 is 1.53 bits per heavy atom. The van der Waals surface area contributed by atoms with E-state index < -0.39 is 8.69 Å². The molecule has 0 N–H and O–H groups in total. The molecule has 0 spiro atoms. The molecule has 0 saturated carbocycles. The molecule has 2 nitrogen and oxygen atoms in total. The van der Waals surface area contributed by atoms with Gasteiger partial charge in [0.25, 0.3) is 0 Å². The van der Waals surface area contributed by atoms with Crippen LogP contribution < -0.4 is 4.52 Å². The third-order valence-electron chi connectivity index (χ3n) is 2.15. The summed E-state index contributed by atoms with van der Waals surface area (Å²) in [5.41, 5.74) is 2.04. The Kier molecular flexibility index (Phi) is 3.21. The van der Waals surface area contributed by atoms with Crippen LogP contribution >= 0.6 is 8.69 Å². The maximum absolute atomic E-state index is 10.5. The summed E-state index contributed by atoms with van der Waals surface area (Å²) >= 11 is 0. The average molecular weight is 218 g/mol. The summed E-state index contributed by atoms with van der Waals surface area (Å²) < 4.78 is 15.7. The van der Waals surface area contributed by atoms with Gasteiger partial charge in [0.05, 0.1) is 0 Å². The highest BCUT2D eigenvalue weighted by molar-refractivity contribution is 7.17. The first kappa shape index (κ1) is 10.0. The Hall–Kier alpha value is -1.53. The smallest absolute Gasteiger partial charge is 0.225 e. The first-order valence-corrected chi connectivity index (χ1v) is 5.61. The number of para-hydroxylation sites is 1. The maximum atomic E-state index is 10.5. The summed E-state index contributed by atoms with van der Waals surface area (Å²) in [6.45, 7) is 0. The minimum absolute atomic E-state index is 0.675. The van der Waals surface area contributed by atoms with E-state index in [1.165, 1.54) is 0 Å². The zero-order chi connectivity index (χ0) is 10.5. The fourth-order valence-corrected chi connectivity index (χ4v) is 1.79. The molecule has 1 atom stereocenters. The molecule has 2 rings (SSSR count). The summed E-state index contributed by atoms with van der Waals surface area (Å²) in [6.07, 6.45) is 0. The lowest BCUT2D eigenvalue weighted by Gasteiger charge is -2.06. The third-order valence-corrected chi connectivity index (χ3v) is 2.50. The van der Waals surface area contributed by atoms with Gasteiger partial charge < -0.3 is 4.52 Å². The second-order valence-corrected chi connectivity index (χ2v) is 3.50. The highest BCUT2D eigenvalue weighted by Gasteiger charge is 2.03. The van der Waals surface area contributed by atoms with Crippen LogP contribution in [0.1, 0.15) is 0 Å². The number of rotatable bonds is 3. The summed E-state index contributed by atoms with van der Waals surface area (Å²) in [6, 6.07) is 17.5. The van der Waals surface area contributed by atoms with Crippen LogP contribution in [0.15, 0.2) is 54.6 Å².